The van der Waals surface area contributed by atoms with Crippen molar-refractivity contribution in [2.24, 2.45) is 0 Å². The zero-order valence-corrected chi connectivity index (χ0v) is 15.8. The van der Waals surface area contributed by atoms with Crippen LogP contribution in [0.25, 0.3) is 0 Å². The summed E-state index contributed by atoms with van der Waals surface area (Å²) in [5.41, 5.74) is 2.41. The lowest BCUT2D eigenvalue weighted by Gasteiger charge is -2.24. The summed E-state index contributed by atoms with van der Waals surface area (Å²) < 4.78 is 5.72. The summed E-state index contributed by atoms with van der Waals surface area (Å²) in [6.45, 7) is 6.11. The van der Waals surface area contributed by atoms with Gasteiger partial charge in [0, 0.05) is 36.9 Å². The molecule has 0 radical (unpaired) electrons. The Morgan fingerprint density at radius 2 is 1.96 bits per heavy atom. The largest absolute Gasteiger partial charge is 0.424 e. The summed E-state index contributed by atoms with van der Waals surface area (Å²) in [5.74, 6) is 0.706. The normalized spacial score (nSPS) is 12.3. The Kier molecular flexibility index (Phi) is 6.33. The second-order valence-corrected chi connectivity index (χ2v) is 7.33. The van der Waals surface area contributed by atoms with Crippen molar-refractivity contribution in [1.29, 1.82) is 0 Å². The molecule has 1 N–H and O–H groups in total. The minimum atomic E-state index is -0.382. The summed E-state index contributed by atoms with van der Waals surface area (Å²) >= 11 is 1.76. The average molecular weight is 369 g/mol. The maximum atomic E-state index is 9.87. The van der Waals surface area contributed by atoms with Gasteiger partial charge in [0.05, 0.1) is 6.10 Å². The topological polar surface area (TPSA) is 58.5 Å². The van der Waals surface area contributed by atoms with E-state index in [2.05, 4.69) is 39.3 Å². The summed E-state index contributed by atoms with van der Waals surface area (Å²) in [7, 11) is 0. The van der Waals surface area contributed by atoms with E-state index in [-0.39, 0.29) is 6.10 Å². The van der Waals surface area contributed by atoms with Crippen LogP contribution in [0.5, 0.6) is 11.8 Å². The number of hydrogen-bond acceptors (Lipinski definition) is 6. The van der Waals surface area contributed by atoms with Crippen molar-refractivity contribution >= 4 is 11.3 Å². The second-order valence-electron chi connectivity index (χ2n) is 6.33. The summed E-state index contributed by atoms with van der Waals surface area (Å²) in [6, 6.07) is 12.1. The smallest absolute Gasteiger partial charge is 0.321 e. The van der Waals surface area contributed by atoms with Gasteiger partial charge in [-0.3, -0.25) is 4.90 Å². The van der Waals surface area contributed by atoms with E-state index >= 15 is 0 Å². The molecule has 0 fully saturated rings. The molecule has 0 aliphatic carbocycles. The van der Waals surface area contributed by atoms with E-state index in [4.69, 9.17) is 4.74 Å². The van der Waals surface area contributed by atoms with Gasteiger partial charge in [-0.05, 0) is 54.6 Å². The molecule has 0 bridgehead atoms. The SMILES string of the molecule is Cc1ccsc1CN(Cc1cccc(Oc2ncccn2)c1)C[C@H](C)O. The van der Waals surface area contributed by atoms with Gasteiger partial charge in [-0.2, -0.15) is 0 Å². The fraction of sp³-hybridized carbons (Fsp3) is 0.300. The van der Waals surface area contributed by atoms with Crippen molar-refractivity contribution in [1.82, 2.24) is 14.9 Å². The lowest BCUT2D eigenvalue weighted by atomic mass is 10.2. The van der Waals surface area contributed by atoms with E-state index in [1.807, 2.05) is 25.1 Å². The third-order valence-electron chi connectivity index (χ3n) is 3.91. The highest BCUT2D eigenvalue weighted by Crippen LogP contribution is 2.22. The summed E-state index contributed by atoms with van der Waals surface area (Å²) in [4.78, 5) is 11.8. The van der Waals surface area contributed by atoms with Crippen LogP contribution in [0.3, 0.4) is 0 Å². The first-order valence-corrected chi connectivity index (χ1v) is 9.45. The number of ether oxygens (including phenoxy) is 1. The Morgan fingerprint density at radius 3 is 2.65 bits per heavy atom. The van der Waals surface area contributed by atoms with Gasteiger partial charge in [0.15, 0.2) is 0 Å². The van der Waals surface area contributed by atoms with E-state index in [0.29, 0.717) is 18.3 Å². The fourth-order valence-corrected chi connectivity index (χ4v) is 3.68. The summed E-state index contributed by atoms with van der Waals surface area (Å²) in [6.07, 6.45) is 2.92. The Hall–Kier alpha value is -2.28. The van der Waals surface area contributed by atoms with Gasteiger partial charge in [-0.1, -0.05) is 12.1 Å². The number of aryl methyl sites for hydroxylation is 1. The first-order valence-electron chi connectivity index (χ1n) is 8.57. The van der Waals surface area contributed by atoms with Crippen LogP contribution in [0, 0.1) is 6.92 Å². The number of rotatable bonds is 8. The Bertz CT molecular complexity index is 821. The molecule has 0 saturated heterocycles. The molecule has 2 aromatic heterocycles. The zero-order valence-electron chi connectivity index (χ0n) is 15.0. The molecule has 0 saturated carbocycles. The highest BCUT2D eigenvalue weighted by Gasteiger charge is 2.13. The molecule has 2 heterocycles. The molecular formula is C20H23N3O2S. The molecule has 26 heavy (non-hydrogen) atoms. The predicted molar refractivity (Wildman–Crippen MR) is 103 cm³/mol. The van der Waals surface area contributed by atoms with Gasteiger partial charge in [0.1, 0.15) is 5.75 Å². The highest BCUT2D eigenvalue weighted by atomic mass is 32.1. The minimum Gasteiger partial charge on any atom is -0.424 e. The molecule has 0 amide bonds. The molecule has 1 aromatic carbocycles. The van der Waals surface area contributed by atoms with E-state index in [1.54, 1.807) is 29.8 Å². The number of hydrogen-bond donors (Lipinski definition) is 1. The van der Waals surface area contributed by atoms with Gasteiger partial charge < -0.3 is 9.84 Å². The van der Waals surface area contributed by atoms with Crippen molar-refractivity contribution < 1.29 is 9.84 Å². The van der Waals surface area contributed by atoms with E-state index in [1.165, 1.54) is 10.4 Å². The van der Waals surface area contributed by atoms with Crippen LogP contribution in [0.15, 0.2) is 54.2 Å². The molecule has 136 valence electrons. The molecule has 5 nitrogen and oxygen atoms in total. The molecule has 0 aliphatic rings. The molecule has 6 heteroatoms. The van der Waals surface area contributed by atoms with E-state index < -0.39 is 0 Å². The van der Waals surface area contributed by atoms with Crippen molar-refractivity contribution in [2.75, 3.05) is 6.54 Å². The fourth-order valence-electron chi connectivity index (χ4n) is 2.74. The quantitative estimate of drug-likeness (QED) is 0.650. The highest BCUT2D eigenvalue weighted by molar-refractivity contribution is 7.10. The molecule has 3 aromatic rings. The van der Waals surface area contributed by atoms with Gasteiger partial charge in [-0.25, -0.2) is 9.97 Å². The molecule has 0 spiro atoms. The van der Waals surface area contributed by atoms with Gasteiger partial charge >= 0.3 is 6.01 Å². The van der Waals surface area contributed by atoms with E-state index in [9.17, 15) is 5.11 Å². The Labute approximate surface area is 157 Å². The van der Waals surface area contributed by atoms with Crippen molar-refractivity contribution in [3.05, 3.63) is 70.2 Å². The lowest BCUT2D eigenvalue weighted by Crippen LogP contribution is -2.30. The first kappa shape index (κ1) is 18.5. The molecule has 1 atom stereocenters. The molecule has 0 unspecified atom stereocenters. The maximum absolute atomic E-state index is 9.87. The molecular weight excluding hydrogens is 346 g/mol. The van der Waals surface area contributed by atoms with Gasteiger partial charge in [0.2, 0.25) is 0 Å². The van der Waals surface area contributed by atoms with Crippen LogP contribution in [-0.4, -0.2) is 32.6 Å². The first-order chi connectivity index (χ1) is 12.6. The lowest BCUT2D eigenvalue weighted by molar-refractivity contribution is 0.118. The van der Waals surface area contributed by atoms with Crippen molar-refractivity contribution in [3.63, 3.8) is 0 Å². The van der Waals surface area contributed by atoms with Crippen LogP contribution >= 0.6 is 11.3 Å². The number of nitrogens with zero attached hydrogens (tertiary/aromatic N) is 3. The van der Waals surface area contributed by atoms with Crippen LogP contribution in [0.2, 0.25) is 0 Å². The minimum absolute atomic E-state index is 0.333. The number of benzene rings is 1. The van der Waals surface area contributed by atoms with Gasteiger partial charge in [0.25, 0.3) is 0 Å². The van der Waals surface area contributed by atoms with Crippen LogP contribution in [0.4, 0.5) is 0 Å². The van der Waals surface area contributed by atoms with Crippen LogP contribution in [0.1, 0.15) is 22.9 Å². The standard InChI is InChI=1S/C20H23N3O2S/c1-15-7-10-26-19(15)14-23(12-16(2)24)13-17-5-3-6-18(11-17)25-20-21-8-4-9-22-20/h3-11,16,24H,12-14H2,1-2H3/t16-/m0/s1. The molecule has 0 aliphatic heterocycles. The number of aliphatic hydroxyl groups excluding tert-OH is 1. The average Bonchev–Trinajstić information content (AvgIpc) is 3.00. The Balaban J connectivity index is 1.71. The third-order valence-corrected chi connectivity index (χ3v) is 4.92. The maximum Gasteiger partial charge on any atom is 0.321 e. The third kappa shape index (κ3) is 5.36. The van der Waals surface area contributed by atoms with Crippen LogP contribution in [-0.2, 0) is 13.1 Å². The number of aliphatic hydroxyl groups is 1. The zero-order chi connectivity index (χ0) is 18.4. The van der Waals surface area contributed by atoms with Crippen LogP contribution < -0.4 is 4.74 Å². The number of thiophene rings is 1. The molecule has 3 rings (SSSR count). The Morgan fingerprint density at radius 1 is 1.15 bits per heavy atom. The predicted octanol–water partition coefficient (Wildman–Crippen LogP) is 4.02. The van der Waals surface area contributed by atoms with Gasteiger partial charge in [-0.15, -0.1) is 11.3 Å². The summed E-state index contributed by atoms with van der Waals surface area (Å²) in [5, 5.41) is 12.0. The van der Waals surface area contributed by atoms with Crippen molar-refractivity contribution in [3.8, 4) is 11.8 Å². The monoisotopic (exact) mass is 369 g/mol. The number of aromatic nitrogens is 2. The van der Waals surface area contributed by atoms with E-state index in [0.717, 1.165) is 18.7 Å². The second kappa shape index (κ2) is 8.89. The van der Waals surface area contributed by atoms with Crippen molar-refractivity contribution in [2.45, 2.75) is 33.0 Å².